The van der Waals surface area contributed by atoms with Crippen LogP contribution < -0.4 is 0 Å². The van der Waals surface area contributed by atoms with Crippen LogP contribution in [0.2, 0.25) is 0 Å². The lowest BCUT2D eigenvalue weighted by atomic mass is 10.6. The van der Waals surface area contributed by atoms with Crippen molar-refractivity contribution in [3.63, 3.8) is 0 Å². The van der Waals surface area contributed by atoms with Crippen LogP contribution in [-0.4, -0.2) is 19.5 Å². The van der Waals surface area contributed by atoms with Crippen molar-refractivity contribution in [3.8, 4) is 0 Å². The second kappa shape index (κ2) is 2.91. The van der Waals surface area contributed by atoms with Gasteiger partial charge in [-0.05, 0) is 15.9 Å². The quantitative estimate of drug-likeness (QED) is 0.417. The molecule has 6 heteroatoms. The largest absolute Gasteiger partial charge is 0.318 e. The van der Waals surface area contributed by atoms with Crippen LogP contribution in [0.25, 0.3) is 11.2 Å². The van der Waals surface area contributed by atoms with Gasteiger partial charge in [-0.2, -0.15) is 0 Å². The second-order valence-electron chi connectivity index (χ2n) is 2.31. The molecule has 4 nitrogen and oxygen atoms in total. The van der Waals surface area contributed by atoms with Crippen LogP contribution in [0.4, 0.5) is 0 Å². The molecule has 0 bridgehead atoms. The maximum absolute atomic E-state index is 4.24. The summed E-state index contributed by atoms with van der Waals surface area (Å²) in [6.45, 7) is 0. The molecule has 0 saturated heterocycles. The molecule has 0 N–H and O–H groups in total. The summed E-state index contributed by atoms with van der Waals surface area (Å²) in [6.07, 6.45) is 1.72. The highest BCUT2D eigenvalue weighted by Gasteiger charge is 2.07. The Morgan fingerprint density at radius 3 is 3.00 bits per heavy atom. The average Bonchev–Trinajstić information content (AvgIpc) is 2.33. The number of halogens is 2. The molecular weight excluding hydrogens is 335 g/mol. The molecule has 0 amide bonds. The topological polar surface area (TPSA) is 43.6 Å². The Balaban J connectivity index is 2.92. The van der Waals surface area contributed by atoms with E-state index in [9.17, 15) is 0 Å². The fraction of sp³-hybridized carbons (Fsp3) is 0.167. The van der Waals surface area contributed by atoms with Crippen LogP contribution >= 0.6 is 38.5 Å². The van der Waals surface area contributed by atoms with Gasteiger partial charge in [-0.25, -0.2) is 15.0 Å². The highest BCUT2D eigenvalue weighted by Crippen LogP contribution is 2.18. The third-order valence-electron chi connectivity index (χ3n) is 1.49. The van der Waals surface area contributed by atoms with Crippen molar-refractivity contribution in [3.05, 3.63) is 14.8 Å². The predicted octanol–water partition coefficient (Wildman–Crippen LogP) is 1.73. The maximum atomic E-state index is 4.24. The number of hydrogen-bond acceptors (Lipinski definition) is 3. The number of imidazole rings is 1. The number of rotatable bonds is 0. The summed E-state index contributed by atoms with van der Waals surface area (Å²) in [5, 5.41) is 0. The van der Waals surface area contributed by atoms with Crippen molar-refractivity contribution in [2.75, 3.05) is 0 Å². The van der Waals surface area contributed by atoms with E-state index in [1.807, 2.05) is 11.6 Å². The zero-order valence-electron chi connectivity index (χ0n) is 6.12. The summed E-state index contributed by atoms with van der Waals surface area (Å²) >= 11 is 5.40. The van der Waals surface area contributed by atoms with Gasteiger partial charge in [0.25, 0.3) is 0 Å². The van der Waals surface area contributed by atoms with E-state index in [1.54, 1.807) is 6.33 Å². The molecule has 2 rings (SSSR count). The van der Waals surface area contributed by atoms with E-state index >= 15 is 0 Å². The fourth-order valence-corrected chi connectivity index (χ4v) is 2.20. The second-order valence-corrected chi connectivity index (χ2v) is 4.03. The van der Waals surface area contributed by atoms with Gasteiger partial charge in [0.15, 0.2) is 9.48 Å². The monoisotopic (exact) mass is 338 g/mol. The molecule has 0 unspecified atom stereocenters. The van der Waals surface area contributed by atoms with E-state index in [0.29, 0.717) is 0 Å². The Bertz CT molecular complexity index is 438. The minimum Gasteiger partial charge on any atom is -0.318 e. The summed E-state index contributed by atoms with van der Waals surface area (Å²) in [5.74, 6) is 0. The third kappa shape index (κ3) is 1.22. The van der Waals surface area contributed by atoms with Gasteiger partial charge in [-0.15, -0.1) is 0 Å². The molecule has 0 spiro atoms. The van der Waals surface area contributed by atoms with Gasteiger partial charge in [-0.3, -0.25) is 0 Å². The maximum Gasteiger partial charge on any atom is 0.193 e. The predicted molar refractivity (Wildman–Crippen MR) is 56.7 cm³/mol. The summed E-state index contributed by atoms with van der Waals surface area (Å²) in [7, 11) is 1.91. The summed E-state index contributed by atoms with van der Waals surface area (Å²) in [6, 6.07) is 0. The van der Waals surface area contributed by atoms with Crippen molar-refractivity contribution in [1.29, 1.82) is 0 Å². The first-order valence-corrected chi connectivity index (χ1v) is 5.05. The van der Waals surface area contributed by atoms with Crippen LogP contribution in [0, 0.1) is 3.83 Å². The van der Waals surface area contributed by atoms with E-state index < -0.39 is 0 Å². The molecule has 0 atom stereocenters. The van der Waals surface area contributed by atoms with E-state index in [2.05, 4.69) is 53.5 Å². The molecule has 62 valence electrons. The van der Waals surface area contributed by atoms with Gasteiger partial charge in [0.2, 0.25) is 0 Å². The number of fused-ring (bicyclic) bond motifs is 1. The molecule has 0 aromatic carbocycles. The zero-order chi connectivity index (χ0) is 8.72. The van der Waals surface area contributed by atoms with E-state index in [0.717, 1.165) is 19.6 Å². The molecule has 12 heavy (non-hydrogen) atoms. The summed E-state index contributed by atoms with van der Waals surface area (Å²) in [4.78, 5) is 12.5. The Hall–Kier alpha value is -0.240. The third-order valence-corrected chi connectivity index (χ3v) is 2.53. The molecule has 0 fully saturated rings. The van der Waals surface area contributed by atoms with Gasteiger partial charge < -0.3 is 4.57 Å². The number of hydrogen-bond donors (Lipinski definition) is 0. The fourth-order valence-electron chi connectivity index (χ4n) is 0.947. The normalized spacial score (nSPS) is 10.9. The highest BCUT2D eigenvalue weighted by molar-refractivity contribution is 14.1. The zero-order valence-corrected chi connectivity index (χ0v) is 9.87. The lowest BCUT2D eigenvalue weighted by molar-refractivity contribution is 0.922. The van der Waals surface area contributed by atoms with Crippen molar-refractivity contribution >= 4 is 49.7 Å². The molecule has 2 heterocycles. The number of aryl methyl sites for hydroxylation is 1. The van der Waals surface area contributed by atoms with Gasteiger partial charge >= 0.3 is 0 Å². The summed E-state index contributed by atoms with van der Waals surface area (Å²) < 4.78 is 3.33. The van der Waals surface area contributed by atoms with Crippen molar-refractivity contribution in [2.45, 2.75) is 0 Å². The Morgan fingerprint density at radius 1 is 1.50 bits per heavy atom. The van der Waals surface area contributed by atoms with Crippen molar-refractivity contribution < 1.29 is 0 Å². The van der Waals surface area contributed by atoms with E-state index in [-0.39, 0.29) is 0 Å². The Labute approximate surface area is 90.7 Å². The van der Waals surface area contributed by atoms with Crippen LogP contribution in [0.3, 0.4) is 0 Å². The van der Waals surface area contributed by atoms with Crippen molar-refractivity contribution in [2.24, 2.45) is 7.05 Å². The first-order valence-electron chi connectivity index (χ1n) is 3.18. The minimum atomic E-state index is 0.718. The van der Waals surface area contributed by atoms with E-state index in [4.69, 9.17) is 0 Å². The van der Waals surface area contributed by atoms with Crippen LogP contribution in [0.1, 0.15) is 0 Å². The lowest BCUT2D eigenvalue weighted by Crippen LogP contribution is -1.93. The van der Waals surface area contributed by atoms with Gasteiger partial charge in [0.05, 0.1) is 6.33 Å². The van der Waals surface area contributed by atoms with Gasteiger partial charge in [0, 0.05) is 29.6 Å². The lowest BCUT2D eigenvalue weighted by Gasteiger charge is -1.95. The molecule has 0 saturated carbocycles. The van der Waals surface area contributed by atoms with Crippen LogP contribution in [0.5, 0.6) is 0 Å². The molecule has 0 radical (unpaired) electrons. The first kappa shape index (κ1) is 8.36. The highest BCUT2D eigenvalue weighted by atomic mass is 127. The van der Waals surface area contributed by atoms with E-state index in [1.165, 1.54) is 0 Å². The SMILES string of the molecule is Cn1cnc2c(Br)nc(I)nc21. The standard InChI is InChI=1S/C6H4BrIN4/c1-12-2-9-3-4(7)10-6(8)11-5(3)12/h2H,1H3. The molecule has 0 aliphatic carbocycles. The van der Waals surface area contributed by atoms with Gasteiger partial charge in [-0.1, -0.05) is 0 Å². The van der Waals surface area contributed by atoms with Gasteiger partial charge in [0.1, 0.15) is 10.1 Å². The Kier molecular flexibility index (Phi) is 2.03. The molecule has 0 aliphatic heterocycles. The molecule has 2 aromatic heterocycles. The summed E-state index contributed by atoms with van der Waals surface area (Å²) in [5.41, 5.74) is 1.65. The molecule has 0 aliphatic rings. The average molecular weight is 339 g/mol. The minimum absolute atomic E-state index is 0.718. The molecule has 2 aromatic rings. The van der Waals surface area contributed by atoms with Crippen molar-refractivity contribution in [1.82, 2.24) is 19.5 Å². The number of aromatic nitrogens is 4. The number of nitrogens with zero attached hydrogens (tertiary/aromatic N) is 4. The van der Waals surface area contributed by atoms with Crippen LogP contribution in [-0.2, 0) is 7.05 Å². The Morgan fingerprint density at radius 2 is 2.25 bits per heavy atom. The van der Waals surface area contributed by atoms with Crippen LogP contribution in [0.15, 0.2) is 10.9 Å². The molecular formula is C6H4BrIN4. The smallest absolute Gasteiger partial charge is 0.193 e. The first-order chi connectivity index (χ1) is 5.68.